The predicted octanol–water partition coefficient (Wildman–Crippen LogP) is 2.56. The Kier molecular flexibility index (Phi) is 5.70. The summed E-state index contributed by atoms with van der Waals surface area (Å²) in [6.45, 7) is 1.43. The quantitative estimate of drug-likeness (QED) is 0.457. The number of benzene rings is 1. The summed E-state index contributed by atoms with van der Waals surface area (Å²) in [4.78, 5) is 20.3. The van der Waals surface area contributed by atoms with Crippen LogP contribution in [-0.2, 0) is 10.0 Å². The van der Waals surface area contributed by atoms with Crippen molar-refractivity contribution in [3.05, 3.63) is 29.3 Å². The highest BCUT2D eigenvalue weighted by molar-refractivity contribution is 7.92. The van der Waals surface area contributed by atoms with Crippen molar-refractivity contribution in [3.63, 3.8) is 0 Å². The summed E-state index contributed by atoms with van der Waals surface area (Å²) in [5, 5.41) is 11.1. The average Bonchev–Trinajstić information content (AvgIpc) is 3.12. The Morgan fingerprint density at radius 1 is 1.31 bits per heavy atom. The molecule has 154 valence electrons. The zero-order chi connectivity index (χ0) is 21.2. The predicted molar refractivity (Wildman–Crippen MR) is 105 cm³/mol. The number of hydrogen-bond acceptors (Lipinski definition) is 7. The number of sulfonamides is 1. The third-order valence-corrected chi connectivity index (χ3v) is 5.41. The number of halogens is 2. The fourth-order valence-corrected chi connectivity index (χ4v) is 3.27. The van der Waals surface area contributed by atoms with Gasteiger partial charge in [0.2, 0.25) is 15.9 Å². The molecule has 0 spiro atoms. The lowest BCUT2D eigenvalue weighted by molar-refractivity contribution is 0.262. The van der Waals surface area contributed by atoms with Gasteiger partial charge in [0, 0.05) is 0 Å². The number of fused-ring (bicyclic) bond motifs is 1. The second-order valence-electron chi connectivity index (χ2n) is 5.55. The largest absolute Gasteiger partial charge is 0.479 e. The van der Waals surface area contributed by atoms with Crippen LogP contribution >= 0.6 is 11.6 Å². The molecule has 2 amide bonds. The molecule has 11 nitrogen and oxygen atoms in total. The summed E-state index contributed by atoms with van der Waals surface area (Å²) in [6.07, 6.45) is 1.18. The summed E-state index contributed by atoms with van der Waals surface area (Å²) in [6, 6.07) is 1.24. The molecule has 0 unspecified atom stereocenters. The Morgan fingerprint density at radius 2 is 2.07 bits per heavy atom. The molecule has 3 rings (SSSR count). The molecule has 0 aliphatic carbocycles. The summed E-state index contributed by atoms with van der Waals surface area (Å²) in [5.41, 5.74) is -0.177. The molecule has 3 aromatic rings. The molecule has 0 aliphatic heterocycles. The molecule has 0 aliphatic rings. The maximum Gasteiger partial charge on any atom is 0.324 e. The van der Waals surface area contributed by atoms with E-state index in [1.807, 2.05) is 0 Å². The molecule has 0 saturated carbocycles. The molecule has 0 saturated heterocycles. The Morgan fingerprint density at radius 3 is 2.76 bits per heavy atom. The number of H-pyrrole nitrogens is 1. The maximum atomic E-state index is 14.2. The van der Waals surface area contributed by atoms with Crippen LogP contribution in [0.1, 0.15) is 6.92 Å². The lowest BCUT2D eigenvalue weighted by Gasteiger charge is -2.14. The second kappa shape index (κ2) is 8.05. The first-order chi connectivity index (χ1) is 13.8. The van der Waals surface area contributed by atoms with E-state index in [0.717, 1.165) is 12.1 Å². The van der Waals surface area contributed by atoms with Gasteiger partial charge in [0.1, 0.15) is 17.5 Å². The minimum absolute atomic E-state index is 0.0532. The number of urea groups is 1. The number of ether oxygens (including phenoxy) is 1. The van der Waals surface area contributed by atoms with E-state index in [1.165, 1.54) is 20.4 Å². The van der Waals surface area contributed by atoms with Gasteiger partial charge in [-0.3, -0.25) is 15.1 Å². The highest BCUT2D eigenvalue weighted by atomic mass is 35.5. The molecule has 29 heavy (non-hydrogen) atoms. The standard InChI is InChI=1S/C15H15ClFN7O4S/c1-3-29(26,27)24-8-5-4-7(17)11(10(8)16)20-15(25)21-12-9-13(19-6-18-12)22-23-14(9)28-2/h4-6,24H,3H2,1-2H3,(H3,18,19,20,21,22,23,25). The molecule has 2 aromatic heterocycles. The molecule has 0 bridgehead atoms. The molecule has 0 atom stereocenters. The van der Waals surface area contributed by atoms with Gasteiger partial charge in [0.05, 0.1) is 29.3 Å². The molecule has 4 N–H and O–H groups in total. The minimum atomic E-state index is -3.65. The number of rotatable bonds is 6. The van der Waals surface area contributed by atoms with Crippen LogP contribution in [0.4, 0.5) is 26.4 Å². The van der Waals surface area contributed by atoms with Crippen molar-refractivity contribution >= 4 is 55.9 Å². The SMILES string of the molecule is CCS(=O)(=O)Nc1ccc(F)c(NC(=O)Nc2ncnc3[nH]nc(OC)c23)c1Cl. The van der Waals surface area contributed by atoms with Gasteiger partial charge < -0.3 is 10.1 Å². The molecule has 0 fully saturated rings. The van der Waals surface area contributed by atoms with Gasteiger partial charge in [-0.1, -0.05) is 11.6 Å². The fourth-order valence-electron chi connectivity index (χ4n) is 2.31. The monoisotopic (exact) mass is 443 g/mol. The van der Waals surface area contributed by atoms with Crippen LogP contribution in [-0.4, -0.2) is 47.5 Å². The summed E-state index contributed by atoms with van der Waals surface area (Å²) >= 11 is 6.08. The van der Waals surface area contributed by atoms with Gasteiger partial charge in [0.15, 0.2) is 11.5 Å². The third-order valence-electron chi connectivity index (χ3n) is 3.72. The van der Waals surface area contributed by atoms with Gasteiger partial charge in [-0.05, 0) is 19.1 Å². The number of hydrogen-bond donors (Lipinski definition) is 4. The van der Waals surface area contributed by atoms with Gasteiger partial charge in [0.25, 0.3) is 0 Å². The first-order valence-corrected chi connectivity index (χ1v) is 10.1. The average molecular weight is 444 g/mol. The first-order valence-electron chi connectivity index (χ1n) is 8.05. The van der Waals surface area contributed by atoms with E-state index in [2.05, 4.69) is 35.5 Å². The smallest absolute Gasteiger partial charge is 0.324 e. The van der Waals surface area contributed by atoms with E-state index >= 15 is 0 Å². The van der Waals surface area contributed by atoms with Gasteiger partial charge >= 0.3 is 6.03 Å². The van der Waals surface area contributed by atoms with Crippen LogP contribution in [0.2, 0.25) is 5.02 Å². The topological polar surface area (TPSA) is 151 Å². The number of nitrogens with zero attached hydrogens (tertiary/aromatic N) is 3. The number of aromatic amines is 1. The number of nitrogens with one attached hydrogen (secondary N) is 4. The molecular formula is C15H15ClFN7O4S. The molecular weight excluding hydrogens is 429 g/mol. The van der Waals surface area contributed by atoms with Crippen molar-refractivity contribution in [1.82, 2.24) is 20.2 Å². The Balaban J connectivity index is 1.87. The van der Waals surface area contributed by atoms with Crippen molar-refractivity contribution < 1.29 is 22.3 Å². The number of carbonyl (C=O) groups excluding carboxylic acids is 1. The lowest BCUT2D eigenvalue weighted by Crippen LogP contribution is -2.22. The van der Waals surface area contributed by atoms with E-state index in [1.54, 1.807) is 0 Å². The van der Waals surface area contributed by atoms with Crippen LogP contribution in [0.25, 0.3) is 11.0 Å². The van der Waals surface area contributed by atoms with Crippen molar-refractivity contribution in [2.45, 2.75) is 6.92 Å². The fraction of sp³-hybridized carbons (Fsp3) is 0.200. The van der Waals surface area contributed by atoms with Crippen molar-refractivity contribution in [1.29, 1.82) is 0 Å². The van der Waals surface area contributed by atoms with E-state index in [0.29, 0.717) is 11.0 Å². The Hall–Kier alpha value is -3.19. The number of amides is 2. The van der Waals surface area contributed by atoms with E-state index in [-0.39, 0.29) is 28.2 Å². The normalized spacial score (nSPS) is 11.3. The van der Waals surface area contributed by atoms with Crippen molar-refractivity contribution in [2.75, 3.05) is 28.2 Å². The zero-order valence-electron chi connectivity index (χ0n) is 15.1. The number of carbonyl (C=O) groups is 1. The molecule has 14 heteroatoms. The molecule has 0 radical (unpaired) electrons. The first kappa shape index (κ1) is 20.5. The van der Waals surface area contributed by atoms with Crippen LogP contribution in [0.3, 0.4) is 0 Å². The van der Waals surface area contributed by atoms with Gasteiger partial charge in [-0.15, -0.1) is 5.10 Å². The maximum absolute atomic E-state index is 14.2. The Labute approximate surface area is 169 Å². The highest BCUT2D eigenvalue weighted by Crippen LogP contribution is 2.34. The minimum Gasteiger partial charge on any atom is -0.479 e. The van der Waals surface area contributed by atoms with Crippen LogP contribution in [0, 0.1) is 5.82 Å². The van der Waals surface area contributed by atoms with Crippen molar-refractivity contribution in [3.8, 4) is 5.88 Å². The van der Waals surface area contributed by atoms with Gasteiger partial charge in [-0.25, -0.2) is 27.6 Å². The number of aromatic nitrogens is 4. The third kappa shape index (κ3) is 4.30. The van der Waals surface area contributed by atoms with Crippen LogP contribution in [0.5, 0.6) is 5.88 Å². The molecule has 2 heterocycles. The number of methoxy groups -OCH3 is 1. The zero-order valence-corrected chi connectivity index (χ0v) is 16.7. The highest BCUT2D eigenvalue weighted by Gasteiger charge is 2.20. The van der Waals surface area contributed by atoms with Gasteiger partial charge in [-0.2, -0.15) is 0 Å². The molecule has 1 aromatic carbocycles. The lowest BCUT2D eigenvalue weighted by atomic mass is 10.2. The summed E-state index contributed by atoms with van der Waals surface area (Å²) in [7, 11) is -2.27. The van der Waals surface area contributed by atoms with Crippen molar-refractivity contribution in [2.24, 2.45) is 0 Å². The number of anilines is 3. The summed E-state index contributed by atoms with van der Waals surface area (Å²) < 4.78 is 45.0. The van der Waals surface area contributed by atoms with E-state index in [4.69, 9.17) is 16.3 Å². The van der Waals surface area contributed by atoms with Crippen LogP contribution < -0.4 is 20.1 Å². The van der Waals surface area contributed by atoms with E-state index in [9.17, 15) is 17.6 Å². The van der Waals surface area contributed by atoms with E-state index < -0.39 is 27.6 Å². The Bertz CT molecular complexity index is 1180. The summed E-state index contributed by atoms with van der Waals surface area (Å²) in [5.74, 6) is -0.868. The van der Waals surface area contributed by atoms with Crippen LogP contribution in [0.15, 0.2) is 18.5 Å². The second-order valence-corrected chi connectivity index (χ2v) is 7.94.